The van der Waals surface area contributed by atoms with Gasteiger partial charge in [-0.05, 0) is 35.4 Å². The summed E-state index contributed by atoms with van der Waals surface area (Å²) in [5.41, 5.74) is 2.51. The SMILES string of the molecule is Nn1c(SCC(=O)NC(c2ccccc2)c2ccccc2)nnc1-c1ccc(OC(F)F)cc1. The summed E-state index contributed by atoms with van der Waals surface area (Å²) in [4.78, 5) is 12.8. The van der Waals surface area contributed by atoms with Gasteiger partial charge >= 0.3 is 6.61 Å². The summed E-state index contributed by atoms with van der Waals surface area (Å²) in [5.74, 6) is 6.35. The average Bonchev–Trinajstić information content (AvgIpc) is 3.22. The number of nitrogens with two attached hydrogens (primary N) is 1. The molecule has 4 rings (SSSR count). The highest BCUT2D eigenvalue weighted by Crippen LogP contribution is 2.25. The molecule has 0 spiro atoms. The molecule has 1 amide bonds. The average molecular weight is 482 g/mol. The largest absolute Gasteiger partial charge is 0.435 e. The van der Waals surface area contributed by atoms with Crippen molar-refractivity contribution in [2.24, 2.45) is 0 Å². The molecule has 0 aliphatic carbocycles. The van der Waals surface area contributed by atoms with Gasteiger partial charge < -0.3 is 15.9 Å². The van der Waals surface area contributed by atoms with Gasteiger partial charge in [-0.3, -0.25) is 4.79 Å². The van der Waals surface area contributed by atoms with E-state index < -0.39 is 6.61 Å². The number of amides is 1. The maximum absolute atomic E-state index is 12.8. The number of hydrogen-bond donors (Lipinski definition) is 2. The minimum absolute atomic E-state index is 0.0273. The van der Waals surface area contributed by atoms with Gasteiger partial charge in [0.2, 0.25) is 11.1 Å². The first-order chi connectivity index (χ1) is 16.5. The van der Waals surface area contributed by atoms with E-state index in [0.29, 0.717) is 16.5 Å². The zero-order valence-electron chi connectivity index (χ0n) is 17.8. The number of rotatable bonds is 9. The molecular weight excluding hydrogens is 460 g/mol. The summed E-state index contributed by atoms with van der Waals surface area (Å²) >= 11 is 1.14. The van der Waals surface area contributed by atoms with E-state index in [1.165, 1.54) is 16.8 Å². The number of carbonyl (C=O) groups excluding carboxylic acids is 1. The lowest BCUT2D eigenvalue weighted by Gasteiger charge is -2.19. The lowest BCUT2D eigenvalue weighted by Crippen LogP contribution is -2.30. The fourth-order valence-corrected chi connectivity index (χ4v) is 4.01. The predicted octanol–water partition coefficient (Wildman–Crippen LogP) is 4.26. The van der Waals surface area contributed by atoms with Crippen molar-refractivity contribution in [3.63, 3.8) is 0 Å². The lowest BCUT2D eigenvalue weighted by atomic mass is 9.99. The van der Waals surface area contributed by atoms with E-state index >= 15 is 0 Å². The molecule has 10 heteroatoms. The Morgan fingerprint density at radius 3 is 2.09 bits per heavy atom. The lowest BCUT2D eigenvalue weighted by molar-refractivity contribution is -0.119. The highest BCUT2D eigenvalue weighted by molar-refractivity contribution is 7.99. The van der Waals surface area contributed by atoms with Crippen molar-refractivity contribution in [3.8, 4) is 17.1 Å². The van der Waals surface area contributed by atoms with Gasteiger partial charge in [-0.2, -0.15) is 8.78 Å². The van der Waals surface area contributed by atoms with Crippen LogP contribution in [0, 0.1) is 0 Å². The van der Waals surface area contributed by atoms with Gasteiger partial charge in [0.15, 0.2) is 5.82 Å². The maximum Gasteiger partial charge on any atom is 0.387 e. The van der Waals surface area contributed by atoms with Gasteiger partial charge in [0.05, 0.1) is 11.8 Å². The van der Waals surface area contributed by atoms with Crippen LogP contribution in [-0.4, -0.2) is 33.1 Å². The number of nitrogens with zero attached hydrogens (tertiary/aromatic N) is 3. The molecule has 1 heterocycles. The van der Waals surface area contributed by atoms with Crippen LogP contribution in [0.1, 0.15) is 17.2 Å². The van der Waals surface area contributed by atoms with E-state index in [1.54, 1.807) is 12.1 Å². The maximum atomic E-state index is 12.8. The first-order valence-corrected chi connectivity index (χ1v) is 11.3. The van der Waals surface area contributed by atoms with E-state index in [1.807, 2.05) is 60.7 Å². The molecule has 0 radical (unpaired) electrons. The molecule has 1 aromatic heterocycles. The highest BCUT2D eigenvalue weighted by Gasteiger charge is 2.19. The fraction of sp³-hybridized carbons (Fsp3) is 0.125. The molecule has 4 aromatic rings. The van der Waals surface area contributed by atoms with Crippen LogP contribution in [0.4, 0.5) is 8.78 Å². The molecule has 0 saturated heterocycles. The first kappa shape index (κ1) is 23.2. The zero-order valence-corrected chi connectivity index (χ0v) is 18.7. The van der Waals surface area contributed by atoms with E-state index in [9.17, 15) is 13.6 Å². The first-order valence-electron chi connectivity index (χ1n) is 10.3. The normalized spacial score (nSPS) is 11.1. The van der Waals surface area contributed by atoms with Gasteiger partial charge in [-0.25, -0.2) is 4.68 Å². The molecule has 0 aliphatic rings. The van der Waals surface area contributed by atoms with Gasteiger partial charge in [0, 0.05) is 5.56 Å². The molecule has 7 nitrogen and oxygen atoms in total. The molecule has 0 saturated carbocycles. The molecule has 3 aromatic carbocycles. The van der Waals surface area contributed by atoms with E-state index in [-0.39, 0.29) is 23.5 Å². The van der Waals surface area contributed by atoms with Crippen LogP contribution in [0.2, 0.25) is 0 Å². The third-order valence-electron chi connectivity index (χ3n) is 4.91. The van der Waals surface area contributed by atoms with Crippen LogP contribution >= 0.6 is 11.8 Å². The minimum Gasteiger partial charge on any atom is -0.435 e. The molecule has 34 heavy (non-hydrogen) atoms. The molecule has 0 atom stereocenters. The Bertz CT molecular complexity index is 1180. The summed E-state index contributed by atoms with van der Waals surface area (Å²) in [6.07, 6.45) is 0. The number of nitrogens with one attached hydrogen (secondary N) is 1. The highest BCUT2D eigenvalue weighted by atomic mass is 32.2. The van der Waals surface area contributed by atoms with Gasteiger partial charge in [0.1, 0.15) is 5.75 Å². The molecule has 3 N–H and O–H groups in total. The number of carbonyl (C=O) groups is 1. The van der Waals surface area contributed by atoms with Crippen molar-refractivity contribution in [3.05, 3.63) is 96.1 Å². The second-order valence-electron chi connectivity index (χ2n) is 7.19. The monoisotopic (exact) mass is 481 g/mol. The van der Waals surface area contributed by atoms with Crippen LogP contribution in [0.3, 0.4) is 0 Å². The summed E-state index contributed by atoms with van der Waals surface area (Å²) in [6, 6.07) is 25.0. The summed E-state index contributed by atoms with van der Waals surface area (Å²) < 4.78 is 30.3. The summed E-state index contributed by atoms with van der Waals surface area (Å²) in [7, 11) is 0. The Labute approximate surface area is 198 Å². The van der Waals surface area contributed by atoms with Gasteiger partial charge in [-0.1, -0.05) is 72.4 Å². The Morgan fingerprint density at radius 2 is 1.53 bits per heavy atom. The zero-order chi connectivity index (χ0) is 23.9. The van der Waals surface area contributed by atoms with Crippen LogP contribution in [0.25, 0.3) is 11.4 Å². The van der Waals surface area contributed by atoms with Crippen molar-refractivity contribution < 1.29 is 18.3 Å². The molecule has 174 valence electrons. The predicted molar refractivity (Wildman–Crippen MR) is 126 cm³/mol. The Kier molecular flexibility index (Phi) is 7.38. The van der Waals surface area contributed by atoms with E-state index in [2.05, 4.69) is 20.3 Å². The number of benzene rings is 3. The van der Waals surface area contributed by atoms with Crippen molar-refractivity contribution in [1.82, 2.24) is 20.2 Å². The van der Waals surface area contributed by atoms with Crippen LogP contribution in [-0.2, 0) is 4.79 Å². The number of aromatic nitrogens is 3. The fourth-order valence-electron chi connectivity index (χ4n) is 3.34. The molecule has 0 bridgehead atoms. The summed E-state index contributed by atoms with van der Waals surface area (Å²) in [5, 5.41) is 11.5. The third-order valence-corrected chi connectivity index (χ3v) is 5.85. The molecular formula is C24H21F2N5O2S. The van der Waals surface area contributed by atoms with Crippen molar-refractivity contribution in [2.75, 3.05) is 11.6 Å². The molecule has 0 unspecified atom stereocenters. The van der Waals surface area contributed by atoms with Crippen LogP contribution in [0.15, 0.2) is 90.1 Å². The number of alkyl halides is 2. The minimum atomic E-state index is -2.90. The standard InChI is InChI=1S/C24H21F2N5O2S/c25-23(26)33-19-13-11-18(12-14-19)22-29-30-24(31(22)27)34-15-20(32)28-21(16-7-3-1-4-8-16)17-9-5-2-6-10-17/h1-14,21,23H,15,27H2,(H,28,32). The molecule has 0 aliphatic heterocycles. The van der Waals surface area contributed by atoms with Crippen molar-refractivity contribution >= 4 is 17.7 Å². The Morgan fingerprint density at radius 1 is 0.941 bits per heavy atom. The number of halogens is 2. The molecule has 0 fully saturated rings. The van der Waals surface area contributed by atoms with Gasteiger partial charge in [-0.15, -0.1) is 10.2 Å². The van der Waals surface area contributed by atoms with Crippen molar-refractivity contribution in [1.29, 1.82) is 0 Å². The van der Waals surface area contributed by atoms with Crippen LogP contribution < -0.4 is 15.9 Å². The Balaban J connectivity index is 1.42. The number of thioether (sulfide) groups is 1. The quantitative estimate of drug-likeness (QED) is 0.274. The number of nitrogen functional groups attached to an aromatic ring is 1. The smallest absolute Gasteiger partial charge is 0.387 e. The number of ether oxygens (including phenoxy) is 1. The third kappa shape index (κ3) is 5.70. The second kappa shape index (κ2) is 10.8. The summed E-state index contributed by atoms with van der Waals surface area (Å²) in [6.45, 7) is -2.90. The number of hydrogen-bond acceptors (Lipinski definition) is 6. The van der Waals surface area contributed by atoms with Crippen LogP contribution in [0.5, 0.6) is 5.75 Å². The van der Waals surface area contributed by atoms with Crippen molar-refractivity contribution in [2.45, 2.75) is 17.8 Å². The topological polar surface area (TPSA) is 95.1 Å². The second-order valence-corrected chi connectivity index (χ2v) is 8.13. The van der Waals surface area contributed by atoms with E-state index in [4.69, 9.17) is 5.84 Å². The Hall–Kier alpha value is -3.92. The van der Waals surface area contributed by atoms with E-state index in [0.717, 1.165) is 22.9 Å². The van der Waals surface area contributed by atoms with Gasteiger partial charge in [0.25, 0.3) is 0 Å².